The lowest BCUT2D eigenvalue weighted by Crippen LogP contribution is -2.05. The SMILES string of the molecule is NC(=O)C=CCP(=O)(O)O. The Morgan fingerprint density at radius 2 is 2.10 bits per heavy atom. The first-order valence-corrected chi connectivity index (χ1v) is 4.22. The number of primary amides is 1. The molecular weight excluding hydrogens is 157 g/mol. The number of amides is 1. The molecule has 0 atom stereocenters. The van der Waals surface area contributed by atoms with Crippen molar-refractivity contribution in [3.05, 3.63) is 12.2 Å². The molecule has 0 aromatic carbocycles. The average Bonchev–Trinajstić information content (AvgIpc) is 1.59. The number of allylic oxidation sites excluding steroid dienone is 1. The molecule has 0 unspecified atom stereocenters. The zero-order valence-electron chi connectivity index (χ0n) is 5.10. The zero-order chi connectivity index (χ0) is 8.20. The fraction of sp³-hybridized carbons (Fsp3) is 0.250. The van der Waals surface area contributed by atoms with Crippen LogP contribution in [0, 0.1) is 0 Å². The van der Waals surface area contributed by atoms with Crippen molar-refractivity contribution in [1.29, 1.82) is 0 Å². The first-order chi connectivity index (χ1) is 4.42. The van der Waals surface area contributed by atoms with E-state index in [1.165, 1.54) is 0 Å². The summed E-state index contributed by atoms with van der Waals surface area (Å²) >= 11 is 0. The molecule has 5 nitrogen and oxygen atoms in total. The molecule has 0 aromatic heterocycles. The summed E-state index contributed by atoms with van der Waals surface area (Å²) in [6.45, 7) is 0. The maximum Gasteiger partial charge on any atom is 0.329 e. The highest BCUT2D eigenvalue weighted by Crippen LogP contribution is 2.33. The molecule has 0 saturated carbocycles. The van der Waals surface area contributed by atoms with Crippen LogP contribution in [0.2, 0.25) is 0 Å². The number of hydrogen-bond donors (Lipinski definition) is 3. The van der Waals surface area contributed by atoms with E-state index in [2.05, 4.69) is 5.73 Å². The summed E-state index contributed by atoms with van der Waals surface area (Å²) in [6.07, 6.45) is 1.51. The van der Waals surface area contributed by atoms with Gasteiger partial charge in [0.05, 0.1) is 6.16 Å². The van der Waals surface area contributed by atoms with Crippen molar-refractivity contribution in [2.75, 3.05) is 6.16 Å². The van der Waals surface area contributed by atoms with Crippen LogP contribution in [0.5, 0.6) is 0 Å². The van der Waals surface area contributed by atoms with Crippen LogP contribution in [0.25, 0.3) is 0 Å². The first kappa shape index (κ1) is 9.36. The van der Waals surface area contributed by atoms with Gasteiger partial charge in [0.15, 0.2) is 0 Å². The summed E-state index contributed by atoms with van der Waals surface area (Å²) < 4.78 is 10.1. The smallest absolute Gasteiger partial charge is 0.329 e. The second kappa shape index (κ2) is 3.51. The molecule has 0 bridgehead atoms. The summed E-state index contributed by atoms with van der Waals surface area (Å²) in [4.78, 5) is 26.4. The molecule has 0 fully saturated rings. The van der Waals surface area contributed by atoms with E-state index in [1.54, 1.807) is 0 Å². The molecule has 0 aliphatic carbocycles. The minimum atomic E-state index is -4.02. The summed E-state index contributed by atoms with van der Waals surface area (Å²) in [5, 5.41) is 0. The molecular formula is C4H8NO4P. The predicted molar refractivity (Wildman–Crippen MR) is 35.2 cm³/mol. The van der Waals surface area contributed by atoms with E-state index < -0.39 is 19.7 Å². The van der Waals surface area contributed by atoms with Gasteiger partial charge in [-0.25, -0.2) is 0 Å². The summed E-state index contributed by atoms with van der Waals surface area (Å²) in [7, 11) is -4.02. The minimum absolute atomic E-state index is 0.448. The standard InChI is InChI=1S/C4H8NO4P/c5-4(6)2-1-3-10(7,8)9/h1-2H,3H2,(H2,5,6)(H2,7,8,9). The maximum atomic E-state index is 10.1. The van der Waals surface area contributed by atoms with Crippen LogP contribution in [0.4, 0.5) is 0 Å². The Morgan fingerprint density at radius 1 is 1.60 bits per heavy atom. The van der Waals surface area contributed by atoms with E-state index >= 15 is 0 Å². The van der Waals surface area contributed by atoms with E-state index in [4.69, 9.17) is 9.79 Å². The van der Waals surface area contributed by atoms with Crippen molar-refractivity contribution in [3.63, 3.8) is 0 Å². The van der Waals surface area contributed by atoms with Crippen LogP contribution in [0.15, 0.2) is 12.2 Å². The Bertz CT molecular complexity index is 193. The zero-order valence-corrected chi connectivity index (χ0v) is 5.99. The van der Waals surface area contributed by atoms with Crippen molar-refractivity contribution in [2.45, 2.75) is 0 Å². The lowest BCUT2D eigenvalue weighted by molar-refractivity contribution is -0.113. The molecule has 0 rings (SSSR count). The highest BCUT2D eigenvalue weighted by Gasteiger charge is 2.08. The van der Waals surface area contributed by atoms with Gasteiger partial charge >= 0.3 is 7.60 Å². The number of carbonyl (C=O) groups is 1. The molecule has 0 radical (unpaired) electrons. The number of nitrogens with two attached hydrogens (primary N) is 1. The minimum Gasteiger partial charge on any atom is -0.366 e. The van der Waals surface area contributed by atoms with Crippen LogP contribution in [0.3, 0.4) is 0 Å². The summed E-state index contributed by atoms with van der Waals surface area (Å²) in [6, 6.07) is 0. The van der Waals surface area contributed by atoms with Gasteiger partial charge in [-0.1, -0.05) is 6.08 Å². The molecule has 0 aliphatic heterocycles. The fourth-order valence-electron chi connectivity index (χ4n) is 0.306. The topological polar surface area (TPSA) is 101 Å². The van der Waals surface area contributed by atoms with Gasteiger partial charge in [0.1, 0.15) is 0 Å². The van der Waals surface area contributed by atoms with Crippen LogP contribution in [0.1, 0.15) is 0 Å². The van der Waals surface area contributed by atoms with Crippen molar-refractivity contribution in [3.8, 4) is 0 Å². The third-order valence-corrected chi connectivity index (χ3v) is 1.31. The van der Waals surface area contributed by atoms with Gasteiger partial charge in [-0.15, -0.1) is 0 Å². The molecule has 0 aromatic rings. The summed E-state index contributed by atoms with van der Waals surface area (Å²) in [5.74, 6) is -0.714. The number of rotatable bonds is 3. The van der Waals surface area contributed by atoms with Crippen LogP contribution in [-0.4, -0.2) is 21.9 Å². The summed E-state index contributed by atoms with van der Waals surface area (Å²) in [5.41, 5.74) is 4.64. The third-order valence-electron chi connectivity index (χ3n) is 0.625. The van der Waals surface area contributed by atoms with Gasteiger partial charge < -0.3 is 15.5 Å². The van der Waals surface area contributed by atoms with Gasteiger partial charge in [-0.2, -0.15) is 0 Å². The molecule has 58 valence electrons. The number of hydrogen-bond acceptors (Lipinski definition) is 2. The Balaban J connectivity index is 3.76. The third kappa shape index (κ3) is 7.36. The number of carbonyl (C=O) groups excluding carboxylic acids is 1. The van der Waals surface area contributed by atoms with E-state index in [0.717, 1.165) is 12.2 Å². The van der Waals surface area contributed by atoms with Crippen molar-refractivity contribution >= 4 is 13.5 Å². The van der Waals surface area contributed by atoms with E-state index in [0.29, 0.717) is 0 Å². The van der Waals surface area contributed by atoms with Crippen molar-refractivity contribution in [2.24, 2.45) is 5.73 Å². The molecule has 0 spiro atoms. The van der Waals surface area contributed by atoms with E-state index in [1.807, 2.05) is 0 Å². The molecule has 0 heterocycles. The van der Waals surface area contributed by atoms with E-state index in [9.17, 15) is 9.36 Å². The molecule has 4 N–H and O–H groups in total. The molecule has 0 aliphatic rings. The Labute approximate surface area is 57.7 Å². The van der Waals surface area contributed by atoms with E-state index in [-0.39, 0.29) is 0 Å². The van der Waals surface area contributed by atoms with Crippen LogP contribution < -0.4 is 5.73 Å². The van der Waals surface area contributed by atoms with Gasteiger partial charge in [0, 0.05) is 0 Å². The van der Waals surface area contributed by atoms with Gasteiger partial charge in [0.2, 0.25) is 5.91 Å². The first-order valence-electron chi connectivity index (χ1n) is 2.42. The Morgan fingerprint density at radius 3 is 2.40 bits per heavy atom. The average molecular weight is 165 g/mol. The molecule has 10 heavy (non-hydrogen) atoms. The normalized spacial score (nSPS) is 12.2. The monoisotopic (exact) mass is 165 g/mol. The highest BCUT2D eigenvalue weighted by molar-refractivity contribution is 7.51. The van der Waals surface area contributed by atoms with Crippen molar-refractivity contribution in [1.82, 2.24) is 0 Å². The highest BCUT2D eigenvalue weighted by atomic mass is 31.2. The molecule has 0 saturated heterocycles. The quantitative estimate of drug-likeness (QED) is 0.376. The fourth-order valence-corrected chi connectivity index (χ4v) is 0.686. The Kier molecular flexibility index (Phi) is 3.28. The largest absolute Gasteiger partial charge is 0.366 e. The second-order valence-electron chi connectivity index (χ2n) is 1.65. The predicted octanol–water partition coefficient (Wildman–Crippen LogP) is -0.794. The molecule has 6 heteroatoms. The van der Waals surface area contributed by atoms with Crippen molar-refractivity contribution < 1.29 is 19.1 Å². The lowest BCUT2D eigenvalue weighted by Gasteiger charge is -1.95. The van der Waals surface area contributed by atoms with Gasteiger partial charge in [-0.3, -0.25) is 9.36 Å². The van der Waals surface area contributed by atoms with Gasteiger partial charge in [0.25, 0.3) is 0 Å². The second-order valence-corrected chi connectivity index (χ2v) is 3.35. The van der Waals surface area contributed by atoms with Crippen LogP contribution >= 0.6 is 7.60 Å². The lowest BCUT2D eigenvalue weighted by atomic mass is 10.5. The van der Waals surface area contributed by atoms with Gasteiger partial charge in [-0.05, 0) is 6.08 Å². The Hall–Kier alpha value is -0.640. The maximum absolute atomic E-state index is 10.1. The molecule has 1 amide bonds. The van der Waals surface area contributed by atoms with Crippen LogP contribution in [-0.2, 0) is 9.36 Å².